The molecule has 0 saturated carbocycles. The second-order valence-corrected chi connectivity index (χ2v) is 6.14. The Morgan fingerprint density at radius 2 is 1.92 bits per heavy atom. The molecule has 3 heterocycles. The number of nitrogens with zero attached hydrogens (tertiary/aromatic N) is 5. The Kier molecular flexibility index (Phi) is 4.80. The number of carbonyl (C=O) groups excluding carboxylic acids is 1. The molecule has 0 bridgehead atoms. The van der Waals surface area contributed by atoms with Crippen LogP contribution >= 0.6 is 0 Å². The lowest BCUT2D eigenvalue weighted by Gasteiger charge is -2.34. The fourth-order valence-corrected chi connectivity index (χ4v) is 2.99. The molecule has 1 aliphatic heterocycles. The van der Waals surface area contributed by atoms with Gasteiger partial charge in [-0.1, -0.05) is 0 Å². The van der Waals surface area contributed by atoms with Crippen LogP contribution in [0, 0.1) is 6.92 Å². The van der Waals surface area contributed by atoms with E-state index < -0.39 is 0 Å². The van der Waals surface area contributed by atoms with Gasteiger partial charge in [0.2, 0.25) is 0 Å². The Morgan fingerprint density at radius 3 is 2.58 bits per heavy atom. The van der Waals surface area contributed by atoms with Crippen LogP contribution in [0.4, 0.5) is 0 Å². The standard InChI is InChI=1S/C17H23N5O2/c1-14-18-5-7-21(14)11-8-20-9-12-22(13-10-20)17(24)15-4-3-6-19(2)16(15)23/h3-7H,8-13H2,1-2H3. The van der Waals surface area contributed by atoms with Gasteiger partial charge >= 0.3 is 0 Å². The van der Waals surface area contributed by atoms with Crippen LogP contribution < -0.4 is 5.56 Å². The fourth-order valence-electron chi connectivity index (χ4n) is 2.99. The van der Waals surface area contributed by atoms with Gasteiger partial charge in [0, 0.05) is 64.9 Å². The molecule has 7 nitrogen and oxygen atoms in total. The zero-order chi connectivity index (χ0) is 17.1. The van der Waals surface area contributed by atoms with Crippen LogP contribution in [0.2, 0.25) is 0 Å². The number of imidazole rings is 1. The van der Waals surface area contributed by atoms with E-state index >= 15 is 0 Å². The van der Waals surface area contributed by atoms with Crippen LogP contribution in [0.25, 0.3) is 0 Å². The summed E-state index contributed by atoms with van der Waals surface area (Å²) in [6.07, 6.45) is 5.46. The van der Waals surface area contributed by atoms with Crippen molar-refractivity contribution in [2.45, 2.75) is 13.5 Å². The van der Waals surface area contributed by atoms with Gasteiger partial charge in [-0.3, -0.25) is 14.5 Å². The molecular formula is C17H23N5O2. The zero-order valence-corrected chi connectivity index (χ0v) is 14.2. The van der Waals surface area contributed by atoms with Gasteiger partial charge in [-0.15, -0.1) is 0 Å². The average Bonchev–Trinajstić information content (AvgIpc) is 3.00. The first-order valence-corrected chi connectivity index (χ1v) is 8.21. The van der Waals surface area contributed by atoms with E-state index in [1.165, 1.54) is 4.57 Å². The Labute approximate surface area is 141 Å². The van der Waals surface area contributed by atoms with Crippen molar-refractivity contribution in [2.24, 2.45) is 7.05 Å². The number of hydrogen-bond acceptors (Lipinski definition) is 4. The lowest BCUT2D eigenvalue weighted by molar-refractivity contribution is 0.0630. The highest BCUT2D eigenvalue weighted by atomic mass is 16.2. The van der Waals surface area contributed by atoms with Gasteiger partial charge in [0.25, 0.3) is 11.5 Å². The van der Waals surface area contributed by atoms with Crippen molar-refractivity contribution >= 4 is 5.91 Å². The lowest BCUT2D eigenvalue weighted by atomic mass is 10.2. The Hall–Kier alpha value is -2.41. The second kappa shape index (κ2) is 7.00. The monoisotopic (exact) mass is 329 g/mol. The van der Waals surface area contributed by atoms with E-state index in [9.17, 15) is 9.59 Å². The molecular weight excluding hydrogens is 306 g/mol. The van der Waals surface area contributed by atoms with Crippen molar-refractivity contribution in [1.29, 1.82) is 0 Å². The minimum Gasteiger partial charge on any atom is -0.336 e. The predicted molar refractivity (Wildman–Crippen MR) is 91.0 cm³/mol. The van der Waals surface area contributed by atoms with Crippen LogP contribution in [0.5, 0.6) is 0 Å². The summed E-state index contributed by atoms with van der Waals surface area (Å²) >= 11 is 0. The van der Waals surface area contributed by atoms with Gasteiger partial charge in [-0.05, 0) is 19.1 Å². The molecule has 0 N–H and O–H groups in total. The summed E-state index contributed by atoms with van der Waals surface area (Å²) in [4.78, 5) is 33.0. The third-order valence-corrected chi connectivity index (χ3v) is 4.59. The fraction of sp³-hybridized carbons (Fsp3) is 0.471. The van der Waals surface area contributed by atoms with Gasteiger partial charge in [-0.2, -0.15) is 0 Å². The molecule has 1 saturated heterocycles. The first-order valence-electron chi connectivity index (χ1n) is 8.21. The van der Waals surface area contributed by atoms with Crippen LogP contribution in [0.15, 0.2) is 35.5 Å². The molecule has 7 heteroatoms. The number of rotatable bonds is 4. The van der Waals surface area contributed by atoms with E-state index in [1.54, 1.807) is 30.3 Å². The number of piperazine rings is 1. The molecule has 0 spiro atoms. The van der Waals surface area contributed by atoms with Crippen LogP contribution in [0.1, 0.15) is 16.2 Å². The molecule has 24 heavy (non-hydrogen) atoms. The highest BCUT2D eigenvalue weighted by Crippen LogP contribution is 2.07. The number of hydrogen-bond donors (Lipinski definition) is 0. The summed E-state index contributed by atoms with van der Waals surface area (Å²) in [5.74, 6) is 0.852. The number of amides is 1. The maximum Gasteiger partial charge on any atom is 0.263 e. The summed E-state index contributed by atoms with van der Waals surface area (Å²) in [5.41, 5.74) is 0.0167. The smallest absolute Gasteiger partial charge is 0.263 e. The maximum absolute atomic E-state index is 12.6. The SMILES string of the molecule is Cc1nccn1CCN1CCN(C(=O)c2cccn(C)c2=O)CC1. The van der Waals surface area contributed by atoms with Gasteiger partial charge in [-0.25, -0.2) is 4.98 Å². The first-order chi connectivity index (χ1) is 11.6. The molecule has 0 atom stereocenters. The normalized spacial score (nSPS) is 15.7. The number of aromatic nitrogens is 3. The molecule has 2 aromatic rings. The van der Waals surface area contributed by atoms with E-state index in [0.29, 0.717) is 13.1 Å². The molecule has 0 unspecified atom stereocenters. The number of carbonyl (C=O) groups is 1. The molecule has 0 radical (unpaired) electrons. The molecule has 2 aromatic heterocycles. The minimum atomic E-state index is -0.236. The predicted octanol–water partition coefficient (Wildman–Crippen LogP) is 0.348. The van der Waals surface area contributed by atoms with Gasteiger partial charge in [0.05, 0.1) is 0 Å². The topological polar surface area (TPSA) is 63.4 Å². The third kappa shape index (κ3) is 3.41. The van der Waals surface area contributed by atoms with E-state index in [0.717, 1.165) is 32.0 Å². The van der Waals surface area contributed by atoms with E-state index in [2.05, 4.69) is 14.5 Å². The summed E-state index contributed by atoms with van der Waals surface area (Å²) in [6.45, 7) is 6.79. The maximum atomic E-state index is 12.6. The molecule has 1 aliphatic rings. The van der Waals surface area contributed by atoms with E-state index in [1.807, 2.05) is 19.3 Å². The van der Waals surface area contributed by atoms with Crippen molar-refractivity contribution in [3.8, 4) is 0 Å². The van der Waals surface area contributed by atoms with Crippen molar-refractivity contribution in [3.63, 3.8) is 0 Å². The van der Waals surface area contributed by atoms with Gasteiger partial charge in [0.1, 0.15) is 11.4 Å². The Bertz CT molecular complexity index is 771. The van der Waals surface area contributed by atoms with Crippen molar-refractivity contribution in [3.05, 3.63) is 52.5 Å². The van der Waals surface area contributed by atoms with Gasteiger partial charge < -0.3 is 14.0 Å². The highest BCUT2D eigenvalue weighted by Gasteiger charge is 2.23. The second-order valence-electron chi connectivity index (χ2n) is 6.14. The van der Waals surface area contributed by atoms with E-state index in [-0.39, 0.29) is 17.0 Å². The Morgan fingerprint density at radius 1 is 1.17 bits per heavy atom. The summed E-state index contributed by atoms with van der Waals surface area (Å²) in [7, 11) is 1.66. The molecule has 1 amide bonds. The summed E-state index contributed by atoms with van der Waals surface area (Å²) < 4.78 is 3.57. The third-order valence-electron chi connectivity index (χ3n) is 4.59. The number of aryl methyl sites for hydroxylation is 2. The molecule has 3 rings (SSSR count). The molecule has 0 aromatic carbocycles. The summed E-state index contributed by atoms with van der Waals surface area (Å²) in [5, 5.41) is 0. The van der Waals surface area contributed by atoms with Gasteiger partial charge in [0.15, 0.2) is 0 Å². The molecule has 128 valence electrons. The zero-order valence-electron chi connectivity index (χ0n) is 14.2. The quantitative estimate of drug-likeness (QED) is 0.812. The van der Waals surface area contributed by atoms with Crippen molar-refractivity contribution in [2.75, 3.05) is 32.7 Å². The van der Waals surface area contributed by atoms with Crippen molar-refractivity contribution in [1.82, 2.24) is 23.9 Å². The van der Waals surface area contributed by atoms with Crippen LogP contribution in [0.3, 0.4) is 0 Å². The first kappa shape index (κ1) is 16.4. The Balaban J connectivity index is 1.55. The summed E-state index contributed by atoms with van der Waals surface area (Å²) in [6, 6.07) is 3.34. The highest BCUT2D eigenvalue weighted by molar-refractivity contribution is 5.93. The van der Waals surface area contributed by atoms with Crippen LogP contribution in [-0.4, -0.2) is 62.5 Å². The van der Waals surface area contributed by atoms with E-state index in [4.69, 9.17) is 0 Å². The molecule has 1 fully saturated rings. The lowest BCUT2D eigenvalue weighted by Crippen LogP contribution is -2.50. The van der Waals surface area contributed by atoms with Crippen LogP contribution in [-0.2, 0) is 13.6 Å². The van der Waals surface area contributed by atoms with Crippen molar-refractivity contribution < 1.29 is 4.79 Å². The average molecular weight is 329 g/mol. The minimum absolute atomic E-state index is 0.165. The number of pyridine rings is 1. The largest absolute Gasteiger partial charge is 0.336 e. The molecule has 0 aliphatic carbocycles.